The second-order valence-corrected chi connectivity index (χ2v) is 7.80. The van der Waals surface area contributed by atoms with Crippen molar-refractivity contribution in [3.05, 3.63) is 100 Å². The van der Waals surface area contributed by atoms with Gasteiger partial charge in [-0.2, -0.15) is 0 Å². The molecule has 0 spiro atoms. The minimum atomic E-state index is -0.871. The van der Waals surface area contributed by atoms with E-state index in [2.05, 4.69) is 47.7 Å². The summed E-state index contributed by atoms with van der Waals surface area (Å²) in [7, 11) is 0. The summed E-state index contributed by atoms with van der Waals surface area (Å²) in [5.74, 6) is -0.518. The van der Waals surface area contributed by atoms with E-state index in [4.69, 9.17) is 0 Å². The third kappa shape index (κ3) is 4.71. The Kier molecular flexibility index (Phi) is 6.91. The smallest absolute Gasteiger partial charge is 0.337 e. The summed E-state index contributed by atoms with van der Waals surface area (Å²) >= 11 is 0. The van der Waals surface area contributed by atoms with E-state index in [-0.39, 0.29) is 0 Å². The van der Waals surface area contributed by atoms with Crippen LogP contribution in [0.3, 0.4) is 0 Å². The summed E-state index contributed by atoms with van der Waals surface area (Å²) in [6.45, 7) is 11.8. The molecule has 0 radical (unpaired) electrons. The fourth-order valence-corrected chi connectivity index (χ4v) is 3.94. The van der Waals surface area contributed by atoms with Gasteiger partial charge in [0.1, 0.15) is 0 Å². The molecular weight excluding hydrogens is 372 g/mol. The molecule has 1 atom stereocenters. The number of benzene rings is 2. The van der Waals surface area contributed by atoms with Gasteiger partial charge >= 0.3 is 5.97 Å². The number of carboxylic acids is 1. The van der Waals surface area contributed by atoms with E-state index in [0.717, 1.165) is 34.6 Å². The first kappa shape index (κ1) is 21.6. The van der Waals surface area contributed by atoms with Crippen molar-refractivity contribution < 1.29 is 9.90 Å². The summed E-state index contributed by atoms with van der Waals surface area (Å²) in [4.78, 5) is 12.0. The van der Waals surface area contributed by atoms with E-state index in [9.17, 15) is 9.90 Å². The van der Waals surface area contributed by atoms with Crippen LogP contribution in [-0.4, -0.2) is 22.2 Å². The van der Waals surface area contributed by atoms with Gasteiger partial charge in [-0.1, -0.05) is 74.2 Å². The van der Waals surface area contributed by atoms with Crippen molar-refractivity contribution in [2.75, 3.05) is 6.54 Å². The number of hydrogen-bond donors (Lipinski definition) is 2. The van der Waals surface area contributed by atoms with Gasteiger partial charge in [-0.15, -0.1) is 0 Å². The maximum Gasteiger partial charge on any atom is 0.337 e. The highest BCUT2D eigenvalue weighted by atomic mass is 16.4. The van der Waals surface area contributed by atoms with Crippen molar-refractivity contribution in [1.82, 2.24) is 9.88 Å². The second kappa shape index (κ2) is 9.59. The Labute approximate surface area is 178 Å². The number of aromatic nitrogens is 1. The molecule has 0 fully saturated rings. The van der Waals surface area contributed by atoms with Crippen LogP contribution in [0.15, 0.2) is 61.2 Å². The molecule has 30 heavy (non-hydrogen) atoms. The highest BCUT2D eigenvalue weighted by Crippen LogP contribution is 2.24. The highest BCUT2D eigenvalue weighted by Gasteiger charge is 2.22. The van der Waals surface area contributed by atoms with Gasteiger partial charge in [0.2, 0.25) is 0 Å². The second-order valence-electron chi connectivity index (χ2n) is 7.80. The molecule has 0 aliphatic rings. The first-order valence-electron chi connectivity index (χ1n) is 10.3. The third-order valence-corrected chi connectivity index (χ3v) is 5.80. The van der Waals surface area contributed by atoms with Crippen LogP contribution in [0.4, 0.5) is 0 Å². The lowest BCUT2D eigenvalue weighted by Gasteiger charge is -2.14. The lowest BCUT2D eigenvalue weighted by atomic mass is 10.0. The Bertz CT molecular complexity index is 1020. The molecule has 2 aromatic carbocycles. The van der Waals surface area contributed by atoms with Gasteiger partial charge < -0.3 is 15.0 Å². The van der Waals surface area contributed by atoms with Crippen molar-refractivity contribution >= 4 is 12.0 Å². The number of nitrogens with zero attached hydrogens (tertiary/aromatic N) is 1. The van der Waals surface area contributed by atoms with Crippen molar-refractivity contribution in [2.24, 2.45) is 0 Å². The van der Waals surface area contributed by atoms with Crippen LogP contribution in [0.25, 0.3) is 6.08 Å². The first-order valence-corrected chi connectivity index (χ1v) is 10.3. The molecule has 0 amide bonds. The number of carbonyl (C=O) groups is 1. The van der Waals surface area contributed by atoms with Crippen molar-refractivity contribution in [3.8, 4) is 0 Å². The molecule has 4 nitrogen and oxygen atoms in total. The van der Waals surface area contributed by atoms with Gasteiger partial charge in [-0.05, 0) is 36.5 Å². The van der Waals surface area contributed by atoms with Gasteiger partial charge in [-0.3, -0.25) is 0 Å². The molecule has 4 heteroatoms. The predicted octanol–water partition coefficient (Wildman–Crippen LogP) is 5.39. The van der Waals surface area contributed by atoms with Gasteiger partial charge in [0.05, 0.1) is 5.56 Å². The van der Waals surface area contributed by atoms with Crippen LogP contribution in [0.1, 0.15) is 56.8 Å². The molecule has 1 heterocycles. The number of rotatable bonds is 9. The SMILES string of the molecule is C=Cc1ccc(Cn2c(C)c(CNC[C@@H](C)c3ccccc3)c(C(=O)O)c2C)cc1. The van der Waals surface area contributed by atoms with Crippen LogP contribution in [-0.2, 0) is 13.1 Å². The Hall–Kier alpha value is -3.11. The predicted molar refractivity (Wildman–Crippen MR) is 123 cm³/mol. The van der Waals surface area contributed by atoms with Crippen LogP contribution in [0, 0.1) is 13.8 Å². The molecular formula is C26H30N2O2. The van der Waals surface area contributed by atoms with Gasteiger partial charge in [0.15, 0.2) is 0 Å². The number of aromatic carboxylic acids is 1. The summed E-state index contributed by atoms with van der Waals surface area (Å²) in [6.07, 6.45) is 1.82. The van der Waals surface area contributed by atoms with Gasteiger partial charge in [0.25, 0.3) is 0 Å². The van der Waals surface area contributed by atoms with Crippen LogP contribution < -0.4 is 5.32 Å². The maximum absolute atomic E-state index is 12.0. The normalized spacial score (nSPS) is 12.0. The zero-order chi connectivity index (χ0) is 21.7. The molecule has 3 aromatic rings. The molecule has 0 bridgehead atoms. The summed E-state index contributed by atoms with van der Waals surface area (Å²) in [6, 6.07) is 18.5. The van der Waals surface area contributed by atoms with E-state index in [1.54, 1.807) is 0 Å². The van der Waals surface area contributed by atoms with E-state index < -0.39 is 5.97 Å². The van der Waals surface area contributed by atoms with Crippen LogP contribution >= 0.6 is 0 Å². The number of carboxylic acid groups (broad SMARTS) is 1. The third-order valence-electron chi connectivity index (χ3n) is 5.80. The molecule has 0 aliphatic heterocycles. The van der Waals surface area contributed by atoms with E-state index in [1.807, 2.05) is 50.3 Å². The molecule has 1 aromatic heterocycles. The van der Waals surface area contributed by atoms with Gasteiger partial charge in [-0.25, -0.2) is 4.79 Å². The van der Waals surface area contributed by atoms with Crippen molar-refractivity contribution in [2.45, 2.75) is 39.8 Å². The Balaban J connectivity index is 1.78. The molecule has 0 saturated carbocycles. The molecule has 3 rings (SSSR count). The van der Waals surface area contributed by atoms with Crippen LogP contribution in [0.5, 0.6) is 0 Å². The standard InChI is InChI=1S/C26H30N2O2/c1-5-21-11-13-22(14-12-21)17-28-19(3)24(25(20(28)4)26(29)30)16-27-15-18(2)23-9-7-6-8-10-23/h5-14,18,27H,1,15-17H2,2-4H3,(H,29,30)/t18-/m1/s1. The molecule has 156 valence electrons. The van der Waals surface area contributed by atoms with Gasteiger partial charge in [0, 0.05) is 36.6 Å². The number of hydrogen-bond acceptors (Lipinski definition) is 2. The quantitative estimate of drug-likeness (QED) is 0.505. The van der Waals surface area contributed by atoms with E-state index in [0.29, 0.717) is 24.6 Å². The fraction of sp³-hybridized carbons (Fsp3) is 0.269. The molecule has 0 unspecified atom stereocenters. The average Bonchev–Trinajstić information content (AvgIpc) is 2.99. The maximum atomic E-state index is 12.0. The minimum absolute atomic E-state index is 0.353. The van der Waals surface area contributed by atoms with E-state index in [1.165, 1.54) is 5.56 Å². The van der Waals surface area contributed by atoms with Crippen molar-refractivity contribution in [3.63, 3.8) is 0 Å². The Morgan fingerprint density at radius 3 is 2.37 bits per heavy atom. The highest BCUT2D eigenvalue weighted by molar-refractivity contribution is 5.91. The Morgan fingerprint density at radius 2 is 1.77 bits per heavy atom. The lowest BCUT2D eigenvalue weighted by molar-refractivity contribution is 0.0694. The minimum Gasteiger partial charge on any atom is -0.478 e. The average molecular weight is 403 g/mol. The summed E-state index contributed by atoms with van der Waals surface area (Å²) in [5.41, 5.74) is 6.55. The van der Waals surface area contributed by atoms with E-state index >= 15 is 0 Å². The fourth-order valence-electron chi connectivity index (χ4n) is 3.94. The summed E-state index contributed by atoms with van der Waals surface area (Å²) < 4.78 is 2.10. The Morgan fingerprint density at radius 1 is 1.10 bits per heavy atom. The van der Waals surface area contributed by atoms with Crippen LogP contribution in [0.2, 0.25) is 0 Å². The zero-order valence-electron chi connectivity index (χ0n) is 18.0. The largest absolute Gasteiger partial charge is 0.478 e. The summed E-state index contributed by atoms with van der Waals surface area (Å²) in [5, 5.41) is 13.3. The number of nitrogens with one attached hydrogen (secondary N) is 1. The molecule has 2 N–H and O–H groups in total. The molecule has 0 saturated heterocycles. The van der Waals surface area contributed by atoms with Crippen molar-refractivity contribution in [1.29, 1.82) is 0 Å². The topological polar surface area (TPSA) is 54.3 Å². The first-order chi connectivity index (χ1) is 14.4. The zero-order valence-corrected chi connectivity index (χ0v) is 18.0. The monoisotopic (exact) mass is 402 g/mol. The molecule has 0 aliphatic carbocycles. The lowest BCUT2D eigenvalue weighted by Crippen LogP contribution is -2.21.